The Morgan fingerprint density at radius 2 is 1.67 bits per heavy atom. The average Bonchev–Trinajstić information content (AvgIpc) is 2.45. The molecule has 0 radical (unpaired) electrons. The Morgan fingerprint density at radius 3 is 2.33 bits per heavy atom. The second-order valence-corrected chi connectivity index (χ2v) is 6.09. The lowest BCUT2D eigenvalue weighted by atomic mass is 10.3. The second-order valence-electron chi connectivity index (χ2n) is 4.36. The summed E-state index contributed by atoms with van der Waals surface area (Å²) in [7, 11) is 0. The summed E-state index contributed by atoms with van der Waals surface area (Å²) in [5.74, 6) is -0.0510. The first-order valence-electron chi connectivity index (χ1n) is 6.29. The molecule has 0 aromatic heterocycles. The van der Waals surface area contributed by atoms with Gasteiger partial charge in [-0.2, -0.15) is 0 Å². The minimum absolute atomic E-state index is 0.0510. The van der Waals surface area contributed by atoms with Crippen LogP contribution in [0.15, 0.2) is 46.9 Å². The lowest BCUT2D eigenvalue weighted by molar-refractivity contribution is -0.115. The molecule has 0 saturated heterocycles. The summed E-state index contributed by atoms with van der Waals surface area (Å²) >= 11 is 15.1. The highest BCUT2D eigenvalue weighted by Crippen LogP contribution is 2.24. The van der Waals surface area contributed by atoms with Gasteiger partial charge in [0, 0.05) is 28.8 Å². The third kappa shape index (κ3) is 5.23. The lowest BCUT2D eigenvalue weighted by Crippen LogP contribution is -2.16. The van der Waals surface area contributed by atoms with Gasteiger partial charge in [0.25, 0.3) is 0 Å². The zero-order valence-electron chi connectivity index (χ0n) is 11.0. The van der Waals surface area contributed by atoms with Crippen molar-refractivity contribution in [3.05, 3.63) is 57.0 Å². The van der Waals surface area contributed by atoms with E-state index in [4.69, 9.17) is 23.2 Å². The molecule has 2 aromatic rings. The quantitative estimate of drug-likeness (QED) is 0.740. The van der Waals surface area contributed by atoms with Crippen molar-refractivity contribution < 1.29 is 4.79 Å². The molecule has 0 aliphatic heterocycles. The summed E-state index contributed by atoms with van der Waals surface area (Å²) in [6.45, 7) is 0.514. The number of amides is 1. The van der Waals surface area contributed by atoms with Crippen LogP contribution in [0.25, 0.3) is 0 Å². The molecular weight excluding hydrogens is 375 g/mol. The molecule has 6 heteroatoms. The highest BCUT2D eigenvalue weighted by atomic mass is 79.9. The Morgan fingerprint density at radius 1 is 1.00 bits per heavy atom. The van der Waals surface area contributed by atoms with Crippen LogP contribution in [-0.2, 0) is 4.79 Å². The topological polar surface area (TPSA) is 41.1 Å². The number of benzene rings is 2. The number of halogens is 3. The molecule has 2 N–H and O–H groups in total. The smallest absolute Gasteiger partial charge is 0.226 e. The van der Waals surface area contributed by atoms with Gasteiger partial charge in [-0.15, -0.1) is 0 Å². The van der Waals surface area contributed by atoms with Crippen LogP contribution in [0, 0.1) is 0 Å². The van der Waals surface area contributed by atoms with E-state index in [-0.39, 0.29) is 5.91 Å². The van der Waals surface area contributed by atoms with Gasteiger partial charge in [0.15, 0.2) is 0 Å². The molecule has 0 unspecified atom stereocenters. The van der Waals surface area contributed by atoms with Crippen molar-refractivity contribution in [2.24, 2.45) is 0 Å². The number of anilines is 2. The number of carbonyl (C=O) groups is 1. The van der Waals surface area contributed by atoms with E-state index in [0.29, 0.717) is 23.0 Å². The van der Waals surface area contributed by atoms with E-state index < -0.39 is 0 Å². The molecule has 0 atom stereocenters. The maximum absolute atomic E-state index is 11.8. The third-order valence-corrected chi connectivity index (χ3v) is 4.00. The standard InChI is InChI=1S/C15H13BrCl2N2O/c16-10-1-3-11(4-2-10)20-15(21)7-8-19-12-5-6-13(17)14(18)9-12/h1-6,9,19H,7-8H2,(H,20,21). The summed E-state index contributed by atoms with van der Waals surface area (Å²) in [5.41, 5.74) is 1.61. The molecule has 0 saturated carbocycles. The van der Waals surface area contributed by atoms with Gasteiger partial charge in [-0.1, -0.05) is 39.1 Å². The summed E-state index contributed by atoms with van der Waals surface area (Å²) in [4.78, 5) is 11.8. The van der Waals surface area contributed by atoms with Gasteiger partial charge < -0.3 is 10.6 Å². The number of nitrogens with one attached hydrogen (secondary N) is 2. The fraction of sp³-hybridized carbons (Fsp3) is 0.133. The number of rotatable bonds is 5. The molecule has 0 aliphatic carbocycles. The zero-order chi connectivity index (χ0) is 15.2. The highest BCUT2D eigenvalue weighted by Gasteiger charge is 2.03. The molecule has 21 heavy (non-hydrogen) atoms. The molecule has 0 heterocycles. The molecule has 3 nitrogen and oxygen atoms in total. The SMILES string of the molecule is O=C(CCNc1ccc(Cl)c(Cl)c1)Nc1ccc(Br)cc1. The summed E-state index contributed by atoms with van der Waals surface area (Å²) in [6, 6.07) is 12.7. The Labute approximate surface area is 141 Å². The first-order valence-corrected chi connectivity index (χ1v) is 7.84. The Bertz CT molecular complexity index is 632. The van der Waals surface area contributed by atoms with E-state index in [2.05, 4.69) is 26.6 Å². The third-order valence-electron chi connectivity index (χ3n) is 2.73. The fourth-order valence-corrected chi connectivity index (χ4v) is 2.25. The van der Waals surface area contributed by atoms with Crippen LogP contribution in [0.4, 0.5) is 11.4 Å². The normalized spacial score (nSPS) is 10.2. The first-order chi connectivity index (χ1) is 10.0. The molecule has 2 rings (SSSR count). The van der Waals surface area contributed by atoms with Crippen LogP contribution in [0.2, 0.25) is 10.0 Å². The van der Waals surface area contributed by atoms with E-state index in [0.717, 1.165) is 15.8 Å². The maximum Gasteiger partial charge on any atom is 0.226 e. The first kappa shape index (κ1) is 16.1. The van der Waals surface area contributed by atoms with Crippen LogP contribution in [-0.4, -0.2) is 12.5 Å². The molecule has 0 aliphatic rings. The van der Waals surface area contributed by atoms with Gasteiger partial charge in [0.2, 0.25) is 5.91 Å². The van der Waals surface area contributed by atoms with Crippen LogP contribution in [0.3, 0.4) is 0 Å². The van der Waals surface area contributed by atoms with Crippen LogP contribution < -0.4 is 10.6 Å². The van der Waals surface area contributed by atoms with E-state index >= 15 is 0 Å². The van der Waals surface area contributed by atoms with Crippen molar-refractivity contribution in [2.75, 3.05) is 17.2 Å². The lowest BCUT2D eigenvalue weighted by Gasteiger charge is -2.08. The van der Waals surface area contributed by atoms with Gasteiger partial charge in [0.1, 0.15) is 0 Å². The van der Waals surface area contributed by atoms with Gasteiger partial charge >= 0.3 is 0 Å². The van der Waals surface area contributed by atoms with Crippen molar-refractivity contribution in [1.82, 2.24) is 0 Å². The van der Waals surface area contributed by atoms with Crippen molar-refractivity contribution in [2.45, 2.75) is 6.42 Å². The van der Waals surface area contributed by atoms with Crippen LogP contribution >= 0.6 is 39.1 Å². The minimum atomic E-state index is -0.0510. The molecule has 0 fully saturated rings. The van der Waals surface area contributed by atoms with E-state index in [1.165, 1.54) is 0 Å². The van der Waals surface area contributed by atoms with Crippen molar-refractivity contribution in [3.8, 4) is 0 Å². The molecule has 0 spiro atoms. The number of carbonyl (C=O) groups excluding carboxylic acids is 1. The van der Waals surface area contributed by atoms with Crippen LogP contribution in [0.1, 0.15) is 6.42 Å². The van der Waals surface area contributed by atoms with Crippen molar-refractivity contribution in [3.63, 3.8) is 0 Å². The summed E-state index contributed by atoms with van der Waals surface area (Å²) in [5, 5.41) is 6.95. The predicted octanol–water partition coefficient (Wildman–Crippen LogP) is 5.20. The Balaban J connectivity index is 1.78. The Kier molecular flexibility index (Phi) is 5.91. The largest absolute Gasteiger partial charge is 0.384 e. The minimum Gasteiger partial charge on any atom is -0.384 e. The number of hydrogen-bond acceptors (Lipinski definition) is 2. The van der Waals surface area contributed by atoms with Crippen molar-refractivity contribution >= 4 is 56.4 Å². The fourth-order valence-electron chi connectivity index (χ4n) is 1.68. The average molecular weight is 388 g/mol. The van der Waals surface area contributed by atoms with E-state index in [9.17, 15) is 4.79 Å². The highest BCUT2D eigenvalue weighted by molar-refractivity contribution is 9.10. The molecule has 0 bridgehead atoms. The second kappa shape index (κ2) is 7.69. The zero-order valence-corrected chi connectivity index (χ0v) is 14.1. The monoisotopic (exact) mass is 386 g/mol. The molecule has 1 amide bonds. The number of hydrogen-bond donors (Lipinski definition) is 2. The van der Waals surface area contributed by atoms with Gasteiger partial charge in [-0.3, -0.25) is 4.79 Å². The van der Waals surface area contributed by atoms with Crippen molar-refractivity contribution in [1.29, 1.82) is 0 Å². The molecule has 110 valence electrons. The summed E-state index contributed by atoms with van der Waals surface area (Å²) < 4.78 is 0.974. The van der Waals surface area contributed by atoms with Crippen LogP contribution in [0.5, 0.6) is 0 Å². The summed E-state index contributed by atoms with van der Waals surface area (Å²) in [6.07, 6.45) is 0.357. The molecule has 2 aromatic carbocycles. The predicted molar refractivity (Wildman–Crippen MR) is 92.3 cm³/mol. The van der Waals surface area contributed by atoms with E-state index in [1.807, 2.05) is 30.3 Å². The van der Waals surface area contributed by atoms with Gasteiger partial charge in [0.05, 0.1) is 10.0 Å². The van der Waals surface area contributed by atoms with Gasteiger partial charge in [-0.05, 0) is 42.5 Å². The Hall–Kier alpha value is -1.23. The van der Waals surface area contributed by atoms with E-state index in [1.54, 1.807) is 12.1 Å². The molecular formula is C15H13BrCl2N2O. The maximum atomic E-state index is 11.8. The van der Waals surface area contributed by atoms with Gasteiger partial charge in [-0.25, -0.2) is 0 Å².